The Labute approximate surface area is 71.7 Å². The number of benzene rings is 1. The summed E-state index contributed by atoms with van der Waals surface area (Å²) in [5, 5.41) is 3.79. The first-order valence-electron chi connectivity index (χ1n) is 3.35. The van der Waals surface area contributed by atoms with Crippen molar-refractivity contribution in [1.29, 1.82) is 0 Å². The van der Waals surface area contributed by atoms with Gasteiger partial charge in [-0.1, -0.05) is 23.7 Å². The monoisotopic (exact) mass is 166 g/mol. The number of hydrogen-bond donors (Lipinski definition) is 1. The molecule has 0 aromatic heterocycles. The van der Waals surface area contributed by atoms with E-state index in [0.717, 1.165) is 12.2 Å². The Kier molecular flexibility index (Phi) is 2.99. The van der Waals surface area contributed by atoms with Crippen LogP contribution in [0.25, 0.3) is 0 Å². The number of hydrogen-bond acceptors (Lipinski definition) is 1. The molecule has 0 atom stereocenters. The van der Waals surface area contributed by atoms with Gasteiger partial charge < -0.3 is 5.32 Å². The SMILES string of the molecule is C=CCNc1c[c]ccc1Cl. The van der Waals surface area contributed by atoms with Gasteiger partial charge in [-0.25, -0.2) is 0 Å². The van der Waals surface area contributed by atoms with E-state index in [0.29, 0.717) is 5.02 Å². The summed E-state index contributed by atoms with van der Waals surface area (Å²) in [6, 6.07) is 8.32. The maximum Gasteiger partial charge on any atom is 0.0638 e. The molecule has 1 aromatic carbocycles. The summed E-state index contributed by atoms with van der Waals surface area (Å²) in [6.45, 7) is 4.31. The lowest BCUT2D eigenvalue weighted by atomic mass is 10.3. The minimum atomic E-state index is 0.714. The molecule has 1 nitrogen and oxygen atoms in total. The van der Waals surface area contributed by atoms with Gasteiger partial charge in [-0.2, -0.15) is 0 Å². The van der Waals surface area contributed by atoms with E-state index in [1.807, 2.05) is 6.07 Å². The first-order valence-corrected chi connectivity index (χ1v) is 3.73. The molecule has 0 fully saturated rings. The van der Waals surface area contributed by atoms with Crippen LogP contribution >= 0.6 is 11.6 Å². The van der Waals surface area contributed by atoms with Gasteiger partial charge in [0.1, 0.15) is 0 Å². The summed E-state index contributed by atoms with van der Waals surface area (Å²) in [5.74, 6) is 0. The van der Waals surface area contributed by atoms with Crippen LogP contribution in [0.15, 0.2) is 30.9 Å². The van der Waals surface area contributed by atoms with Crippen LogP contribution < -0.4 is 5.32 Å². The predicted octanol–water partition coefficient (Wildman–Crippen LogP) is 2.74. The van der Waals surface area contributed by atoms with Crippen molar-refractivity contribution >= 4 is 17.3 Å². The molecule has 1 aromatic rings. The van der Waals surface area contributed by atoms with Crippen molar-refractivity contribution in [2.24, 2.45) is 0 Å². The Morgan fingerprint density at radius 3 is 3.18 bits per heavy atom. The van der Waals surface area contributed by atoms with Crippen LogP contribution in [0.4, 0.5) is 5.69 Å². The zero-order valence-corrected chi connectivity index (χ0v) is 6.86. The maximum atomic E-state index is 5.84. The van der Waals surface area contributed by atoms with Gasteiger partial charge in [0, 0.05) is 6.54 Å². The highest BCUT2D eigenvalue weighted by molar-refractivity contribution is 6.33. The van der Waals surface area contributed by atoms with Crippen LogP contribution in [0.3, 0.4) is 0 Å². The third-order valence-corrected chi connectivity index (χ3v) is 1.58. The molecule has 0 aliphatic rings. The van der Waals surface area contributed by atoms with Gasteiger partial charge in [0.2, 0.25) is 0 Å². The molecule has 0 saturated heterocycles. The third kappa shape index (κ3) is 2.28. The van der Waals surface area contributed by atoms with Gasteiger partial charge in [0.15, 0.2) is 0 Å². The van der Waals surface area contributed by atoms with E-state index in [1.165, 1.54) is 0 Å². The summed E-state index contributed by atoms with van der Waals surface area (Å²) < 4.78 is 0. The van der Waals surface area contributed by atoms with Crippen LogP contribution in [0.5, 0.6) is 0 Å². The lowest BCUT2D eigenvalue weighted by Gasteiger charge is -2.03. The molecular formula is C9H9ClN. The Bertz CT molecular complexity index is 245. The quantitative estimate of drug-likeness (QED) is 0.681. The molecule has 0 spiro atoms. The Morgan fingerprint density at radius 2 is 2.55 bits per heavy atom. The third-order valence-electron chi connectivity index (χ3n) is 1.25. The molecule has 57 valence electrons. The molecular weight excluding hydrogens is 158 g/mol. The van der Waals surface area contributed by atoms with Crippen molar-refractivity contribution in [3.8, 4) is 0 Å². The van der Waals surface area contributed by atoms with E-state index in [-0.39, 0.29) is 0 Å². The molecule has 0 heterocycles. The molecule has 1 radical (unpaired) electrons. The molecule has 0 aliphatic carbocycles. The van der Waals surface area contributed by atoms with E-state index < -0.39 is 0 Å². The van der Waals surface area contributed by atoms with Gasteiger partial charge in [-0.3, -0.25) is 0 Å². The van der Waals surface area contributed by atoms with E-state index in [1.54, 1.807) is 18.2 Å². The van der Waals surface area contributed by atoms with Crippen LogP contribution in [0.2, 0.25) is 5.02 Å². The summed E-state index contributed by atoms with van der Waals surface area (Å²) in [5.41, 5.74) is 0.897. The maximum absolute atomic E-state index is 5.84. The molecule has 0 saturated carbocycles. The highest BCUT2D eigenvalue weighted by atomic mass is 35.5. The number of halogens is 1. The molecule has 2 heteroatoms. The smallest absolute Gasteiger partial charge is 0.0638 e. The van der Waals surface area contributed by atoms with Crippen molar-refractivity contribution in [1.82, 2.24) is 0 Å². The average Bonchev–Trinajstić information content (AvgIpc) is 2.03. The van der Waals surface area contributed by atoms with Crippen LogP contribution in [0, 0.1) is 6.07 Å². The zero-order valence-electron chi connectivity index (χ0n) is 6.10. The second kappa shape index (κ2) is 4.04. The predicted molar refractivity (Wildman–Crippen MR) is 49.0 cm³/mol. The molecule has 0 unspecified atom stereocenters. The van der Waals surface area contributed by atoms with Crippen LogP contribution in [-0.4, -0.2) is 6.54 Å². The molecule has 11 heavy (non-hydrogen) atoms. The molecule has 1 N–H and O–H groups in total. The second-order valence-corrected chi connectivity index (χ2v) is 2.48. The van der Waals surface area contributed by atoms with E-state index in [9.17, 15) is 0 Å². The highest BCUT2D eigenvalue weighted by Gasteiger charge is 1.94. The average molecular weight is 167 g/mol. The first kappa shape index (κ1) is 8.15. The van der Waals surface area contributed by atoms with Gasteiger partial charge >= 0.3 is 0 Å². The second-order valence-electron chi connectivity index (χ2n) is 2.08. The Balaban J connectivity index is 2.69. The normalized spacial score (nSPS) is 9.18. The number of nitrogens with one attached hydrogen (secondary N) is 1. The number of rotatable bonds is 3. The van der Waals surface area contributed by atoms with E-state index in [4.69, 9.17) is 11.6 Å². The van der Waals surface area contributed by atoms with Gasteiger partial charge in [0.25, 0.3) is 0 Å². The fourth-order valence-corrected chi connectivity index (χ4v) is 0.913. The first-order chi connectivity index (χ1) is 5.34. The zero-order chi connectivity index (χ0) is 8.10. The van der Waals surface area contributed by atoms with Gasteiger partial charge in [0.05, 0.1) is 10.7 Å². The molecule has 1 rings (SSSR count). The Hall–Kier alpha value is -0.950. The largest absolute Gasteiger partial charge is 0.380 e. The minimum Gasteiger partial charge on any atom is -0.380 e. The van der Waals surface area contributed by atoms with E-state index in [2.05, 4.69) is 18.0 Å². The summed E-state index contributed by atoms with van der Waals surface area (Å²) >= 11 is 5.84. The highest BCUT2D eigenvalue weighted by Crippen LogP contribution is 2.19. The standard InChI is InChI=1S/C9H9ClN/c1-2-7-11-9-6-4-3-5-8(9)10/h2-3,5-6,11H,1,7H2. The Morgan fingerprint density at radius 1 is 1.73 bits per heavy atom. The topological polar surface area (TPSA) is 12.0 Å². The van der Waals surface area contributed by atoms with Gasteiger partial charge in [-0.05, 0) is 18.2 Å². The van der Waals surface area contributed by atoms with Crippen molar-refractivity contribution in [2.45, 2.75) is 0 Å². The van der Waals surface area contributed by atoms with Crippen molar-refractivity contribution in [3.05, 3.63) is 41.9 Å². The summed E-state index contributed by atoms with van der Waals surface area (Å²) in [4.78, 5) is 0. The van der Waals surface area contributed by atoms with Crippen molar-refractivity contribution < 1.29 is 0 Å². The van der Waals surface area contributed by atoms with Crippen LogP contribution in [0.1, 0.15) is 0 Å². The lowest BCUT2D eigenvalue weighted by Crippen LogP contribution is -1.97. The molecule has 0 aliphatic heterocycles. The fraction of sp³-hybridized carbons (Fsp3) is 0.111. The van der Waals surface area contributed by atoms with Crippen LogP contribution in [-0.2, 0) is 0 Å². The fourth-order valence-electron chi connectivity index (χ4n) is 0.729. The van der Waals surface area contributed by atoms with Crippen molar-refractivity contribution in [2.75, 3.05) is 11.9 Å². The van der Waals surface area contributed by atoms with Crippen molar-refractivity contribution in [3.63, 3.8) is 0 Å². The van der Waals surface area contributed by atoms with E-state index >= 15 is 0 Å². The summed E-state index contributed by atoms with van der Waals surface area (Å²) in [7, 11) is 0. The summed E-state index contributed by atoms with van der Waals surface area (Å²) in [6.07, 6.45) is 1.78. The van der Waals surface area contributed by atoms with Gasteiger partial charge in [-0.15, -0.1) is 6.58 Å². The lowest BCUT2D eigenvalue weighted by molar-refractivity contribution is 1.34. The number of anilines is 1. The molecule has 0 amide bonds. The minimum absolute atomic E-state index is 0.714. The molecule has 0 bridgehead atoms.